The molecule has 1 heteroatoms. The molecule has 0 N–H and O–H groups in total. The minimum Gasteiger partial charge on any atom is -0.364 e. The van der Waals surface area contributed by atoms with Crippen LogP contribution in [-0.4, -0.2) is 6.04 Å². The summed E-state index contributed by atoms with van der Waals surface area (Å²) in [7, 11) is 0. The van der Waals surface area contributed by atoms with Gasteiger partial charge in [-0.1, -0.05) is 30.3 Å². The Morgan fingerprint density at radius 2 is 1.80 bits per heavy atom. The minimum atomic E-state index is 0.572. The number of rotatable bonds is 1. The molecular weight excluding hydrogens is 182 g/mol. The van der Waals surface area contributed by atoms with Crippen molar-refractivity contribution in [2.24, 2.45) is 0 Å². The monoisotopic (exact) mass is 197 g/mol. The van der Waals surface area contributed by atoms with Crippen LogP contribution in [0.3, 0.4) is 0 Å². The second kappa shape index (κ2) is 2.99. The van der Waals surface area contributed by atoms with Gasteiger partial charge in [0.05, 0.1) is 0 Å². The summed E-state index contributed by atoms with van der Waals surface area (Å²) in [5.74, 6) is 0. The summed E-state index contributed by atoms with van der Waals surface area (Å²) in [4.78, 5) is 2.47. The Hall–Kier alpha value is -1.50. The maximum atomic E-state index is 2.47. The summed E-state index contributed by atoms with van der Waals surface area (Å²) in [5.41, 5.74) is 2.87. The van der Waals surface area contributed by atoms with Crippen LogP contribution >= 0.6 is 0 Å². The molecule has 0 radical (unpaired) electrons. The molecule has 1 nitrogen and oxygen atoms in total. The first-order valence-electron chi connectivity index (χ1n) is 5.54. The van der Waals surface area contributed by atoms with Crippen molar-refractivity contribution < 1.29 is 0 Å². The second-order valence-electron chi connectivity index (χ2n) is 4.51. The van der Waals surface area contributed by atoms with Crippen molar-refractivity contribution in [3.05, 3.63) is 42.0 Å². The Labute approximate surface area is 90.3 Å². The summed E-state index contributed by atoms with van der Waals surface area (Å²) < 4.78 is 0. The van der Waals surface area contributed by atoms with Crippen LogP contribution in [0.4, 0.5) is 5.69 Å². The van der Waals surface area contributed by atoms with Crippen LogP contribution in [0.5, 0.6) is 0 Å². The first kappa shape index (κ1) is 8.78. The Bertz CT molecular complexity index is 508. The third kappa shape index (κ3) is 1.16. The van der Waals surface area contributed by atoms with E-state index in [0.29, 0.717) is 6.04 Å². The van der Waals surface area contributed by atoms with Gasteiger partial charge in [0.1, 0.15) is 0 Å². The molecule has 3 rings (SSSR count). The summed E-state index contributed by atoms with van der Waals surface area (Å²) >= 11 is 0. The van der Waals surface area contributed by atoms with Gasteiger partial charge in [-0.3, -0.25) is 0 Å². The molecule has 0 atom stereocenters. The highest BCUT2D eigenvalue weighted by molar-refractivity contribution is 5.99. The molecule has 0 aromatic heterocycles. The molecule has 0 unspecified atom stereocenters. The van der Waals surface area contributed by atoms with Crippen molar-refractivity contribution >= 4 is 16.5 Å². The zero-order valence-electron chi connectivity index (χ0n) is 9.20. The molecule has 0 saturated carbocycles. The van der Waals surface area contributed by atoms with Gasteiger partial charge in [-0.2, -0.15) is 0 Å². The molecule has 1 aliphatic rings. The number of benzene rings is 2. The first-order valence-corrected chi connectivity index (χ1v) is 5.54. The average molecular weight is 197 g/mol. The molecule has 2 aromatic rings. The van der Waals surface area contributed by atoms with Crippen LogP contribution in [0.15, 0.2) is 36.4 Å². The van der Waals surface area contributed by atoms with Gasteiger partial charge in [-0.15, -0.1) is 0 Å². The quantitative estimate of drug-likeness (QED) is 0.675. The van der Waals surface area contributed by atoms with Gasteiger partial charge in [0, 0.05) is 23.7 Å². The normalized spacial score (nSPS) is 14.2. The summed E-state index contributed by atoms with van der Waals surface area (Å²) in [6, 6.07) is 13.8. The summed E-state index contributed by atoms with van der Waals surface area (Å²) in [6.45, 7) is 5.57. The predicted molar refractivity (Wildman–Crippen MR) is 65.3 cm³/mol. The van der Waals surface area contributed by atoms with Crippen LogP contribution in [0.1, 0.15) is 19.4 Å². The van der Waals surface area contributed by atoms with E-state index < -0.39 is 0 Å². The third-order valence-corrected chi connectivity index (χ3v) is 3.24. The molecule has 76 valence electrons. The average Bonchev–Trinajstić information content (AvgIpc) is 2.61. The van der Waals surface area contributed by atoms with Gasteiger partial charge in [-0.05, 0) is 30.9 Å². The van der Waals surface area contributed by atoms with E-state index in [1.165, 1.54) is 22.0 Å². The van der Waals surface area contributed by atoms with Crippen molar-refractivity contribution in [2.75, 3.05) is 4.90 Å². The van der Waals surface area contributed by atoms with Gasteiger partial charge in [-0.25, -0.2) is 0 Å². The zero-order valence-corrected chi connectivity index (χ0v) is 9.20. The Kier molecular flexibility index (Phi) is 1.75. The Morgan fingerprint density at radius 1 is 1.07 bits per heavy atom. The van der Waals surface area contributed by atoms with E-state index in [0.717, 1.165) is 6.54 Å². The molecule has 1 heterocycles. The highest BCUT2D eigenvalue weighted by Crippen LogP contribution is 2.37. The molecule has 0 fully saturated rings. The lowest BCUT2D eigenvalue weighted by Crippen LogP contribution is -2.26. The van der Waals surface area contributed by atoms with Crippen LogP contribution in [-0.2, 0) is 6.54 Å². The molecule has 2 aromatic carbocycles. The minimum absolute atomic E-state index is 0.572. The van der Waals surface area contributed by atoms with E-state index in [4.69, 9.17) is 0 Å². The summed E-state index contributed by atoms with van der Waals surface area (Å²) in [6.07, 6.45) is 0. The number of hydrogen-bond acceptors (Lipinski definition) is 1. The lowest BCUT2D eigenvalue weighted by molar-refractivity contribution is 0.699. The van der Waals surface area contributed by atoms with Crippen molar-refractivity contribution in [3.8, 4) is 0 Å². The lowest BCUT2D eigenvalue weighted by Gasteiger charge is -2.24. The molecular formula is C14H15N. The van der Waals surface area contributed by atoms with Crippen molar-refractivity contribution in [2.45, 2.75) is 26.4 Å². The van der Waals surface area contributed by atoms with Gasteiger partial charge in [0.15, 0.2) is 0 Å². The van der Waals surface area contributed by atoms with Crippen molar-refractivity contribution in [1.29, 1.82) is 0 Å². The van der Waals surface area contributed by atoms with Crippen LogP contribution in [0.25, 0.3) is 10.8 Å². The van der Waals surface area contributed by atoms with Crippen LogP contribution in [0, 0.1) is 0 Å². The van der Waals surface area contributed by atoms with Gasteiger partial charge in [0.2, 0.25) is 0 Å². The van der Waals surface area contributed by atoms with E-state index in [-0.39, 0.29) is 0 Å². The third-order valence-electron chi connectivity index (χ3n) is 3.24. The SMILES string of the molecule is CC(C)N1Cc2cccc3cccc1c23. The summed E-state index contributed by atoms with van der Waals surface area (Å²) in [5, 5.41) is 2.82. The molecule has 15 heavy (non-hydrogen) atoms. The van der Waals surface area contributed by atoms with E-state index in [1.807, 2.05) is 0 Å². The molecule has 0 saturated heterocycles. The highest BCUT2D eigenvalue weighted by atomic mass is 15.2. The molecule has 1 aliphatic heterocycles. The van der Waals surface area contributed by atoms with Crippen molar-refractivity contribution in [1.82, 2.24) is 0 Å². The van der Waals surface area contributed by atoms with Crippen molar-refractivity contribution in [3.63, 3.8) is 0 Å². The lowest BCUT2D eigenvalue weighted by atomic mass is 10.1. The standard InChI is InChI=1S/C14H15N/c1-10(2)15-9-12-7-3-5-11-6-4-8-13(15)14(11)12/h3-8,10H,9H2,1-2H3. The van der Waals surface area contributed by atoms with Gasteiger partial charge >= 0.3 is 0 Å². The fourth-order valence-electron chi connectivity index (χ4n) is 2.50. The fourth-order valence-corrected chi connectivity index (χ4v) is 2.50. The number of nitrogens with zero attached hydrogens (tertiary/aromatic N) is 1. The van der Waals surface area contributed by atoms with E-state index in [9.17, 15) is 0 Å². The van der Waals surface area contributed by atoms with E-state index >= 15 is 0 Å². The van der Waals surface area contributed by atoms with E-state index in [2.05, 4.69) is 55.1 Å². The molecule has 0 amide bonds. The molecule has 0 aliphatic carbocycles. The topological polar surface area (TPSA) is 3.24 Å². The van der Waals surface area contributed by atoms with Gasteiger partial charge < -0.3 is 4.90 Å². The smallest absolute Gasteiger partial charge is 0.0454 e. The predicted octanol–water partition coefficient (Wildman–Crippen LogP) is 3.57. The zero-order chi connectivity index (χ0) is 10.4. The molecule has 0 bridgehead atoms. The maximum absolute atomic E-state index is 2.47. The Morgan fingerprint density at radius 3 is 2.53 bits per heavy atom. The number of hydrogen-bond donors (Lipinski definition) is 0. The first-order chi connectivity index (χ1) is 7.27. The van der Waals surface area contributed by atoms with Crippen LogP contribution < -0.4 is 4.90 Å². The fraction of sp³-hybridized carbons (Fsp3) is 0.286. The van der Waals surface area contributed by atoms with Gasteiger partial charge in [0.25, 0.3) is 0 Å². The Balaban J connectivity index is 2.31. The van der Waals surface area contributed by atoms with E-state index in [1.54, 1.807) is 0 Å². The second-order valence-corrected chi connectivity index (χ2v) is 4.51. The highest BCUT2D eigenvalue weighted by Gasteiger charge is 2.22. The van der Waals surface area contributed by atoms with Crippen LogP contribution in [0.2, 0.25) is 0 Å². The maximum Gasteiger partial charge on any atom is 0.0454 e. The largest absolute Gasteiger partial charge is 0.364 e. The molecule has 0 spiro atoms. The number of anilines is 1.